The molecule has 0 amide bonds. The van der Waals surface area contributed by atoms with Crippen molar-refractivity contribution in [1.29, 1.82) is 0 Å². The molecule has 4 nitrogen and oxygen atoms in total. The molecule has 33 heavy (non-hydrogen) atoms. The van der Waals surface area contributed by atoms with Crippen LogP contribution in [-0.4, -0.2) is 19.6 Å². The molecule has 2 aromatic carbocycles. The highest BCUT2D eigenvalue weighted by atomic mass is 79.9. The van der Waals surface area contributed by atoms with Gasteiger partial charge in [-0.3, -0.25) is 4.98 Å². The Hall–Kier alpha value is -2.96. The number of pyridine rings is 1. The first kappa shape index (κ1) is 21.9. The summed E-state index contributed by atoms with van der Waals surface area (Å²) in [4.78, 5) is 6.98. The number of nitrogens with one attached hydrogen (secondary N) is 1. The van der Waals surface area contributed by atoms with Crippen molar-refractivity contribution in [2.45, 2.75) is 32.5 Å². The summed E-state index contributed by atoms with van der Waals surface area (Å²) in [5, 5.41) is 4.33. The third-order valence-electron chi connectivity index (χ3n) is 6.27. The van der Waals surface area contributed by atoms with Gasteiger partial charge < -0.3 is 14.8 Å². The Morgan fingerprint density at radius 3 is 2.39 bits per heavy atom. The minimum absolute atomic E-state index is 0.0266. The molecule has 166 valence electrons. The number of thiocarbonyl (C=S) groups is 1. The van der Waals surface area contributed by atoms with Crippen molar-refractivity contribution < 1.29 is 0 Å². The summed E-state index contributed by atoms with van der Waals surface area (Å²) in [6, 6.07) is 27.3. The molecule has 1 aliphatic heterocycles. The first-order valence-electron chi connectivity index (χ1n) is 11.0. The molecular formula is C27H25BrN4S. The molecule has 1 saturated heterocycles. The number of aromatic nitrogens is 2. The number of rotatable bonds is 5. The molecule has 3 heterocycles. The average molecular weight is 517 g/mol. The first-order chi connectivity index (χ1) is 16.0. The Labute approximate surface area is 208 Å². The number of hydrogen-bond donors (Lipinski definition) is 1. The van der Waals surface area contributed by atoms with Gasteiger partial charge in [0.25, 0.3) is 0 Å². The molecule has 2 aromatic heterocycles. The molecule has 2 atom stereocenters. The fourth-order valence-electron chi connectivity index (χ4n) is 4.77. The van der Waals surface area contributed by atoms with Gasteiger partial charge in [0.15, 0.2) is 5.11 Å². The van der Waals surface area contributed by atoms with Crippen LogP contribution >= 0.6 is 28.1 Å². The van der Waals surface area contributed by atoms with Crippen LogP contribution in [0.15, 0.2) is 89.5 Å². The summed E-state index contributed by atoms with van der Waals surface area (Å²) in [5.41, 5.74) is 7.04. The smallest absolute Gasteiger partial charge is 0.170 e. The van der Waals surface area contributed by atoms with Gasteiger partial charge in [-0.25, -0.2) is 0 Å². The summed E-state index contributed by atoms with van der Waals surface area (Å²) in [5.74, 6) is 0. The molecule has 6 heteroatoms. The number of aryl methyl sites for hydroxylation is 1. The van der Waals surface area contributed by atoms with Crippen molar-refractivity contribution in [3.8, 4) is 5.69 Å². The van der Waals surface area contributed by atoms with Crippen LogP contribution < -0.4 is 5.32 Å². The molecule has 0 aliphatic carbocycles. The third kappa shape index (κ3) is 4.21. The second kappa shape index (κ2) is 9.12. The Bertz CT molecular complexity index is 1270. The Balaban J connectivity index is 1.61. The molecule has 1 aliphatic rings. The molecule has 1 fully saturated rings. The van der Waals surface area contributed by atoms with Crippen molar-refractivity contribution in [2.75, 3.05) is 0 Å². The van der Waals surface area contributed by atoms with Crippen LogP contribution in [0.3, 0.4) is 0 Å². The second-order valence-electron chi connectivity index (χ2n) is 8.38. The molecule has 4 aromatic rings. The van der Waals surface area contributed by atoms with E-state index in [1.165, 1.54) is 22.5 Å². The van der Waals surface area contributed by atoms with Crippen molar-refractivity contribution in [1.82, 2.24) is 19.8 Å². The summed E-state index contributed by atoms with van der Waals surface area (Å²) >= 11 is 9.41. The lowest BCUT2D eigenvalue weighted by atomic mass is 9.96. The van der Waals surface area contributed by atoms with Gasteiger partial charge in [0.2, 0.25) is 0 Å². The van der Waals surface area contributed by atoms with E-state index in [0.717, 1.165) is 27.5 Å². The summed E-state index contributed by atoms with van der Waals surface area (Å²) in [6.45, 7) is 5.10. The summed E-state index contributed by atoms with van der Waals surface area (Å²) in [6.07, 6.45) is 1.85. The van der Waals surface area contributed by atoms with E-state index in [4.69, 9.17) is 12.2 Å². The highest BCUT2D eigenvalue weighted by Gasteiger charge is 2.41. The van der Waals surface area contributed by atoms with Gasteiger partial charge in [-0.2, -0.15) is 0 Å². The predicted molar refractivity (Wildman–Crippen MR) is 140 cm³/mol. The molecule has 2 unspecified atom stereocenters. The van der Waals surface area contributed by atoms with Gasteiger partial charge in [-0.15, -0.1) is 0 Å². The van der Waals surface area contributed by atoms with Gasteiger partial charge in [-0.05, 0) is 79.7 Å². The van der Waals surface area contributed by atoms with Crippen molar-refractivity contribution >= 4 is 33.3 Å². The molecule has 0 saturated carbocycles. The van der Waals surface area contributed by atoms with Gasteiger partial charge in [0.05, 0.1) is 17.8 Å². The largest absolute Gasteiger partial charge is 0.352 e. The molecule has 5 rings (SSSR count). The number of benzene rings is 2. The SMILES string of the molecule is Cc1cc(C2C(c3ccccn3)NC(=S)N2Cc2ccccc2)c(C)n1-c1ccc(Br)cc1. The first-order valence-corrected chi connectivity index (χ1v) is 12.2. The second-order valence-corrected chi connectivity index (χ2v) is 9.68. The number of nitrogens with zero attached hydrogens (tertiary/aromatic N) is 3. The minimum Gasteiger partial charge on any atom is -0.352 e. The van der Waals surface area contributed by atoms with Crippen molar-refractivity contribution in [3.05, 3.63) is 118 Å². The maximum atomic E-state index is 5.86. The van der Waals surface area contributed by atoms with E-state index >= 15 is 0 Å². The molecule has 0 bridgehead atoms. The van der Waals surface area contributed by atoms with Crippen molar-refractivity contribution in [2.24, 2.45) is 0 Å². The van der Waals surface area contributed by atoms with Crippen LogP contribution in [0.2, 0.25) is 0 Å². The van der Waals surface area contributed by atoms with Crippen LogP contribution in [0.4, 0.5) is 0 Å². The number of halogens is 1. The standard InChI is InChI=1S/C27H25BrN4S/c1-18-16-23(19(2)32(18)22-13-11-21(28)12-14-22)26-25(24-10-6-7-15-29-24)30-27(33)31(26)17-20-8-4-3-5-9-20/h3-16,25-26H,17H2,1-2H3,(H,30,33). The van der Waals surface area contributed by atoms with E-state index in [2.05, 4.69) is 110 Å². The zero-order chi connectivity index (χ0) is 22.9. The van der Waals surface area contributed by atoms with E-state index in [1.54, 1.807) is 0 Å². The van der Waals surface area contributed by atoms with Gasteiger partial charge in [0, 0.05) is 34.3 Å². The normalized spacial score (nSPS) is 17.9. The van der Waals surface area contributed by atoms with Gasteiger partial charge in [0.1, 0.15) is 0 Å². The van der Waals surface area contributed by atoms with Crippen LogP contribution in [-0.2, 0) is 6.54 Å². The molecule has 1 N–H and O–H groups in total. The third-order valence-corrected chi connectivity index (χ3v) is 7.15. The lowest BCUT2D eigenvalue weighted by Crippen LogP contribution is -2.29. The van der Waals surface area contributed by atoms with Crippen LogP contribution in [0.1, 0.15) is 40.3 Å². The lowest BCUT2D eigenvalue weighted by molar-refractivity contribution is 0.310. The predicted octanol–water partition coefficient (Wildman–Crippen LogP) is 6.42. The van der Waals surface area contributed by atoms with E-state index < -0.39 is 0 Å². The lowest BCUT2D eigenvalue weighted by Gasteiger charge is -2.28. The fourth-order valence-corrected chi connectivity index (χ4v) is 5.34. The molecule has 0 spiro atoms. The number of hydrogen-bond acceptors (Lipinski definition) is 2. The van der Waals surface area contributed by atoms with Crippen LogP contribution in [0, 0.1) is 13.8 Å². The van der Waals surface area contributed by atoms with Crippen molar-refractivity contribution in [3.63, 3.8) is 0 Å². The Kier molecular flexibility index (Phi) is 6.04. The minimum atomic E-state index is -0.0266. The van der Waals surface area contributed by atoms with Gasteiger partial charge in [-0.1, -0.05) is 52.3 Å². The highest BCUT2D eigenvalue weighted by molar-refractivity contribution is 9.10. The summed E-state index contributed by atoms with van der Waals surface area (Å²) in [7, 11) is 0. The van der Waals surface area contributed by atoms with Crippen LogP contribution in [0.25, 0.3) is 5.69 Å². The summed E-state index contributed by atoms with van der Waals surface area (Å²) < 4.78 is 3.39. The van der Waals surface area contributed by atoms with E-state index in [1.807, 2.05) is 24.4 Å². The Morgan fingerprint density at radius 1 is 0.970 bits per heavy atom. The zero-order valence-electron chi connectivity index (χ0n) is 18.6. The van der Waals surface area contributed by atoms with Crippen LogP contribution in [0.5, 0.6) is 0 Å². The Morgan fingerprint density at radius 2 is 1.70 bits per heavy atom. The molecular weight excluding hydrogens is 492 g/mol. The van der Waals surface area contributed by atoms with E-state index in [-0.39, 0.29) is 12.1 Å². The highest BCUT2D eigenvalue weighted by Crippen LogP contribution is 2.42. The molecule has 0 radical (unpaired) electrons. The van der Waals surface area contributed by atoms with E-state index in [9.17, 15) is 0 Å². The fraction of sp³-hybridized carbons (Fsp3) is 0.185. The topological polar surface area (TPSA) is 33.1 Å². The maximum absolute atomic E-state index is 5.86. The quantitative estimate of drug-likeness (QED) is 0.310. The maximum Gasteiger partial charge on any atom is 0.170 e. The zero-order valence-corrected chi connectivity index (χ0v) is 21.0. The van der Waals surface area contributed by atoms with E-state index in [0.29, 0.717) is 0 Å². The average Bonchev–Trinajstić information content (AvgIpc) is 3.31. The monoisotopic (exact) mass is 516 g/mol. The van der Waals surface area contributed by atoms with Gasteiger partial charge >= 0.3 is 0 Å².